The fourth-order valence-electron chi connectivity index (χ4n) is 3.33. The number of rotatable bonds is 9. The molecule has 0 aromatic heterocycles. The SMILES string of the molecule is COc1cc(CCC(=O)C(Cc2ccccc2)C(=O)c2ccccc2)ccc1O. The summed E-state index contributed by atoms with van der Waals surface area (Å²) in [5.74, 6) is -0.531. The first-order valence-electron chi connectivity index (χ1n) is 9.60. The monoisotopic (exact) mass is 388 g/mol. The summed E-state index contributed by atoms with van der Waals surface area (Å²) in [5, 5.41) is 9.73. The van der Waals surface area contributed by atoms with Crippen LogP contribution in [0, 0.1) is 5.92 Å². The highest BCUT2D eigenvalue weighted by Crippen LogP contribution is 2.27. The molecule has 3 aromatic carbocycles. The Morgan fingerprint density at radius 3 is 2.21 bits per heavy atom. The molecule has 0 bridgehead atoms. The molecular weight excluding hydrogens is 364 g/mol. The van der Waals surface area contributed by atoms with Gasteiger partial charge in [0.1, 0.15) is 5.78 Å². The maximum absolute atomic E-state index is 13.1. The van der Waals surface area contributed by atoms with E-state index in [0.717, 1.165) is 11.1 Å². The van der Waals surface area contributed by atoms with Crippen molar-refractivity contribution in [3.8, 4) is 11.5 Å². The third-order valence-corrected chi connectivity index (χ3v) is 4.95. The molecule has 1 N–H and O–H groups in total. The zero-order valence-electron chi connectivity index (χ0n) is 16.4. The molecule has 29 heavy (non-hydrogen) atoms. The Hall–Kier alpha value is -3.40. The number of methoxy groups -OCH3 is 1. The van der Waals surface area contributed by atoms with Gasteiger partial charge in [0.15, 0.2) is 17.3 Å². The molecule has 4 heteroatoms. The lowest BCUT2D eigenvalue weighted by Gasteiger charge is -2.16. The van der Waals surface area contributed by atoms with Gasteiger partial charge >= 0.3 is 0 Å². The predicted molar refractivity (Wildman–Crippen MR) is 112 cm³/mol. The molecule has 1 unspecified atom stereocenters. The zero-order chi connectivity index (χ0) is 20.6. The van der Waals surface area contributed by atoms with Crippen LogP contribution in [0.2, 0.25) is 0 Å². The van der Waals surface area contributed by atoms with Crippen LogP contribution in [0.25, 0.3) is 0 Å². The van der Waals surface area contributed by atoms with Crippen molar-refractivity contribution in [2.45, 2.75) is 19.3 Å². The first-order chi connectivity index (χ1) is 14.1. The van der Waals surface area contributed by atoms with Gasteiger partial charge in [0.25, 0.3) is 0 Å². The van der Waals surface area contributed by atoms with E-state index in [1.165, 1.54) is 7.11 Å². The Bertz CT molecular complexity index is 965. The zero-order valence-corrected chi connectivity index (χ0v) is 16.4. The van der Waals surface area contributed by atoms with Crippen molar-refractivity contribution in [1.29, 1.82) is 0 Å². The van der Waals surface area contributed by atoms with Crippen LogP contribution in [0.4, 0.5) is 0 Å². The number of phenolic OH excluding ortho intramolecular Hbond substituents is 1. The second-order valence-electron chi connectivity index (χ2n) is 6.95. The summed E-state index contributed by atoms with van der Waals surface area (Å²) in [6.45, 7) is 0. The Morgan fingerprint density at radius 1 is 0.897 bits per heavy atom. The van der Waals surface area contributed by atoms with Crippen LogP contribution in [0.1, 0.15) is 27.9 Å². The molecule has 0 fully saturated rings. The molecule has 3 rings (SSSR count). The minimum atomic E-state index is -0.723. The van der Waals surface area contributed by atoms with Gasteiger partial charge in [-0.25, -0.2) is 0 Å². The van der Waals surface area contributed by atoms with Crippen LogP contribution in [0.3, 0.4) is 0 Å². The van der Waals surface area contributed by atoms with E-state index >= 15 is 0 Å². The molecule has 0 spiro atoms. The molecule has 0 saturated heterocycles. The number of Topliss-reactive ketones (excluding diaryl/α,β-unsaturated/α-hetero) is 2. The summed E-state index contributed by atoms with van der Waals surface area (Å²) >= 11 is 0. The van der Waals surface area contributed by atoms with E-state index in [1.54, 1.807) is 42.5 Å². The lowest BCUT2D eigenvalue weighted by molar-refractivity contribution is -0.121. The first-order valence-corrected chi connectivity index (χ1v) is 9.60. The fourth-order valence-corrected chi connectivity index (χ4v) is 3.33. The quantitative estimate of drug-likeness (QED) is 0.428. The number of carbonyl (C=O) groups is 2. The average Bonchev–Trinajstić information content (AvgIpc) is 2.77. The summed E-state index contributed by atoms with van der Waals surface area (Å²) < 4.78 is 5.13. The van der Waals surface area contributed by atoms with Crippen molar-refractivity contribution in [3.05, 3.63) is 95.6 Å². The third-order valence-electron chi connectivity index (χ3n) is 4.95. The van der Waals surface area contributed by atoms with E-state index in [0.29, 0.717) is 24.2 Å². The molecule has 0 aliphatic carbocycles. The smallest absolute Gasteiger partial charge is 0.173 e. The van der Waals surface area contributed by atoms with Crippen LogP contribution < -0.4 is 4.74 Å². The van der Waals surface area contributed by atoms with E-state index in [2.05, 4.69) is 0 Å². The summed E-state index contributed by atoms with van der Waals surface area (Å²) in [5.41, 5.74) is 2.38. The first kappa shape index (κ1) is 20.3. The second kappa shape index (κ2) is 9.69. The standard InChI is InChI=1S/C25H24O4/c1-29-24-17-19(13-15-23(24)27)12-14-22(26)21(16-18-8-4-2-5-9-18)25(28)20-10-6-3-7-11-20/h2-11,13,15,17,21,27H,12,14,16H2,1H3. The van der Waals surface area contributed by atoms with Gasteiger partial charge in [-0.15, -0.1) is 0 Å². The van der Waals surface area contributed by atoms with Gasteiger partial charge in [-0.3, -0.25) is 9.59 Å². The van der Waals surface area contributed by atoms with Crippen molar-refractivity contribution < 1.29 is 19.4 Å². The molecule has 3 aromatic rings. The van der Waals surface area contributed by atoms with Crippen molar-refractivity contribution in [3.63, 3.8) is 0 Å². The normalized spacial score (nSPS) is 11.6. The second-order valence-corrected chi connectivity index (χ2v) is 6.95. The van der Waals surface area contributed by atoms with E-state index in [4.69, 9.17) is 4.74 Å². The van der Waals surface area contributed by atoms with Crippen molar-refractivity contribution in [2.24, 2.45) is 5.92 Å². The molecule has 0 amide bonds. The van der Waals surface area contributed by atoms with E-state index in [1.807, 2.05) is 36.4 Å². The summed E-state index contributed by atoms with van der Waals surface area (Å²) in [7, 11) is 1.48. The molecule has 0 heterocycles. The molecular formula is C25H24O4. The van der Waals surface area contributed by atoms with Crippen LogP contribution in [0.15, 0.2) is 78.9 Å². The lowest BCUT2D eigenvalue weighted by Crippen LogP contribution is -2.27. The van der Waals surface area contributed by atoms with Crippen LogP contribution in [-0.2, 0) is 17.6 Å². The fraction of sp³-hybridized carbons (Fsp3) is 0.200. The largest absolute Gasteiger partial charge is 0.504 e. The van der Waals surface area contributed by atoms with Crippen molar-refractivity contribution in [1.82, 2.24) is 0 Å². The highest BCUT2D eigenvalue weighted by molar-refractivity contribution is 6.10. The number of phenols is 1. The lowest BCUT2D eigenvalue weighted by atomic mass is 9.86. The highest BCUT2D eigenvalue weighted by Gasteiger charge is 2.27. The molecule has 0 aliphatic heterocycles. The average molecular weight is 388 g/mol. The minimum Gasteiger partial charge on any atom is -0.504 e. The minimum absolute atomic E-state index is 0.0591. The molecule has 1 atom stereocenters. The van der Waals surface area contributed by atoms with E-state index < -0.39 is 5.92 Å². The highest BCUT2D eigenvalue weighted by atomic mass is 16.5. The Morgan fingerprint density at radius 2 is 1.55 bits per heavy atom. The number of carbonyl (C=O) groups excluding carboxylic acids is 2. The molecule has 4 nitrogen and oxygen atoms in total. The van der Waals surface area contributed by atoms with Gasteiger partial charge in [-0.1, -0.05) is 66.7 Å². The number of aryl methyl sites for hydroxylation is 1. The van der Waals surface area contributed by atoms with E-state index in [-0.39, 0.29) is 23.7 Å². The number of benzene rings is 3. The molecule has 148 valence electrons. The van der Waals surface area contributed by atoms with Gasteiger partial charge in [0.2, 0.25) is 0 Å². The maximum atomic E-state index is 13.1. The van der Waals surface area contributed by atoms with Crippen molar-refractivity contribution in [2.75, 3.05) is 7.11 Å². The van der Waals surface area contributed by atoms with Crippen molar-refractivity contribution >= 4 is 11.6 Å². The summed E-state index contributed by atoms with van der Waals surface area (Å²) in [6, 6.07) is 23.6. The number of hydrogen-bond acceptors (Lipinski definition) is 4. The topological polar surface area (TPSA) is 63.6 Å². The van der Waals surface area contributed by atoms with Crippen LogP contribution >= 0.6 is 0 Å². The number of aromatic hydroxyl groups is 1. The number of hydrogen-bond donors (Lipinski definition) is 1. The van der Waals surface area contributed by atoms with Crippen LogP contribution in [0.5, 0.6) is 11.5 Å². The van der Waals surface area contributed by atoms with Gasteiger partial charge in [-0.2, -0.15) is 0 Å². The Balaban J connectivity index is 1.77. The third kappa shape index (κ3) is 5.32. The van der Waals surface area contributed by atoms with E-state index in [9.17, 15) is 14.7 Å². The van der Waals surface area contributed by atoms with Gasteiger partial charge in [0.05, 0.1) is 13.0 Å². The maximum Gasteiger partial charge on any atom is 0.173 e. The summed E-state index contributed by atoms with van der Waals surface area (Å²) in [4.78, 5) is 26.1. The van der Waals surface area contributed by atoms with Gasteiger partial charge in [-0.05, 0) is 36.1 Å². The Kier molecular flexibility index (Phi) is 6.80. The number of ketones is 2. The summed E-state index contributed by atoms with van der Waals surface area (Å²) in [6.07, 6.45) is 1.10. The van der Waals surface area contributed by atoms with Crippen LogP contribution in [-0.4, -0.2) is 23.8 Å². The number of ether oxygens (including phenoxy) is 1. The van der Waals surface area contributed by atoms with Gasteiger partial charge < -0.3 is 9.84 Å². The molecule has 0 aliphatic rings. The molecule has 0 saturated carbocycles. The van der Waals surface area contributed by atoms with Gasteiger partial charge in [0, 0.05) is 12.0 Å². The molecule has 0 radical (unpaired) electrons. The Labute approximate surface area is 170 Å². The predicted octanol–water partition coefficient (Wildman–Crippen LogP) is 4.64.